The minimum absolute atomic E-state index is 0.735. The fourth-order valence-corrected chi connectivity index (χ4v) is 2.58. The SMILES string of the molecule is Cc1nocc1C1=CC2CNCC2C1. The number of fused-ring (bicyclic) bond motifs is 1. The van der Waals surface area contributed by atoms with Crippen LogP contribution in [0.4, 0.5) is 0 Å². The van der Waals surface area contributed by atoms with Crippen LogP contribution in [-0.4, -0.2) is 18.2 Å². The maximum Gasteiger partial charge on any atom is 0.131 e. The van der Waals surface area contributed by atoms with Crippen molar-refractivity contribution in [1.82, 2.24) is 10.5 Å². The number of aryl methyl sites for hydroxylation is 1. The third kappa shape index (κ3) is 1.12. The fraction of sp³-hybridized carbons (Fsp3) is 0.545. The zero-order valence-corrected chi connectivity index (χ0v) is 8.29. The van der Waals surface area contributed by atoms with Crippen LogP contribution in [0.2, 0.25) is 0 Å². The van der Waals surface area contributed by atoms with Crippen LogP contribution in [0.5, 0.6) is 0 Å². The monoisotopic (exact) mass is 190 g/mol. The summed E-state index contributed by atoms with van der Waals surface area (Å²) in [7, 11) is 0. The van der Waals surface area contributed by atoms with Gasteiger partial charge < -0.3 is 9.84 Å². The van der Waals surface area contributed by atoms with Crippen molar-refractivity contribution >= 4 is 5.57 Å². The highest BCUT2D eigenvalue weighted by Gasteiger charge is 2.32. The maximum absolute atomic E-state index is 4.97. The van der Waals surface area contributed by atoms with Gasteiger partial charge in [-0.15, -0.1) is 0 Å². The number of nitrogens with one attached hydrogen (secondary N) is 1. The second-order valence-electron chi connectivity index (χ2n) is 4.29. The zero-order valence-electron chi connectivity index (χ0n) is 8.29. The second-order valence-corrected chi connectivity index (χ2v) is 4.29. The Balaban J connectivity index is 1.91. The number of nitrogens with zero attached hydrogens (tertiary/aromatic N) is 1. The van der Waals surface area contributed by atoms with Gasteiger partial charge in [-0.05, 0) is 37.3 Å². The molecule has 3 rings (SSSR count). The summed E-state index contributed by atoms with van der Waals surface area (Å²) >= 11 is 0. The lowest BCUT2D eigenvalue weighted by Crippen LogP contribution is -2.09. The standard InChI is InChI=1S/C11H14N2O/c1-7-11(6-14-13-7)8-2-9-4-12-5-10(9)3-8/h2,6,9-10,12H,3-5H2,1H3. The Morgan fingerprint density at radius 3 is 3.14 bits per heavy atom. The largest absolute Gasteiger partial charge is 0.364 e. The van der Waals surface area contributed by atoms with Gasteiger partial charge in [0.2, 0.25) is 0 Å². The summed E-state index contributed by atoms with van der Waals surface area (Å²) in [6, 6.07) is 0. The fourth-order valence-electron chi connectivity index (χ4n) is 2.58. The molecule has 0 spiro atoms. The van der Waals surface area contributed by atoms with Crippen molar-refractivity contribution < 1.29 is 4.52 Å². The lowest BCUT2D eigenvalue weighted by molar-refractivity contribution is 0.414. The number of hydrogen-bond donors (Lipinski definition) is 1. The molecule has 1 aliphatic carbocycles. The molecule has 1 aliphatic heterocycles. The first-order valence-corrected chi connectivity index (χ1v) is 5.17. The third-order valence-electron chi connectivity index (χ3n) is 3.39. The van der Waals surface area contributed by atoms with Crippen LogP contribution >= 0.6 is 0 Å². The first-order valence-electron chi connectivity index (χ1n) is 5.17. The Morgan fingerprint density at radius 2 is 2.43 bits per heavy atom. The summed E-state index contributed by atoms with van der Waals surface area (Å²) in [5.41, 5.74) is 3.66. The first kappa shape index (κ1) is 8.24. The normalized spacial score (nSPS) is 30.5. The van der Waals surface area contributed by atoms with Gasteiger partial charge in [0.15, 0.2) is 0 Å². The van der Waals surface area contributed by atoms with Crippen LogP contribution < -0.4 is 5.32 Å². The molecule has 74 valence electrons. The summed E-state index contributed by atoms with van der Waals surface area (Å²) in [5.74, 6) is 1.54. The van der Waals surface area contributed by atoms with Gasteiger partial charge in [0.25, 0.3) is 0 Å². The van der Waals surface area contributed by atoms with Crippen molar-refractivity contribution in [2.75, 3.05) is 13.1 Å². The molecule has 0 aromatic carbocycles. The number of hydrogen-bond acceptors (Lipinski definition) is 3. The molecule has 3 heteroatoms. The van der Waals surface area contributed by atoms with Crippen LogP contribution in [-0.2, 0) is 0 Å². The van der Waals surface area contributed by atoms with Crippen molar-refractivity contribution in [3.63, 3.8) is 0 Å². The van der Waals surface area contributed by atoms with E-state index < -0.39 is 0 Å². The number of aromatic nitrogens is 1. The Bertz CT molecular complexity index is 380. The molecule has 2 unspecified atom stereocenters. The van der Waals surface area contributed by atoms with Gasteiger partial charge in [-0.2, -0.15) is 0 Å². The molecule has 3 nitrogen and oxygen atoms in total. The molecule has 2 atom stereocenters. The lowest BCUT2D eigenvalue weighted by Gasteiger charge is -2.04. The van der Waals surface area contributed by atoms with Crippen molar-refractivity contribution in [1.29, 1.82) is 0 Å². The second kappa shape index (κ2) is 2.95. The molecule has 1 aromatic heterocycles. The molecule has 0 radical (unpaired) electrons. The van der Waals surface area contributed by atoms with Crippen molar-refractivity contribution in [2.45, 2.75) is 13.3 Å². The number of rotatable bonds is 1. The smallest absolute Gasteiger partial charge is 0.131 e. The molecule has 2 aliphatic rings. The van der Waals surface area contributed by atoms with E-state index in [1.54, 1.807) is 6.26 Å². The quantitative estimate of drug-likeness (QED) is 0.731. The van der Waals surface area contributed by atoms with Crippen LogP contribution in [0, 0.1) is 18.8 Å². The Labute approximate surface area is 83.2 Å². The summed E-state index contributed by atoms with van der Waals surface area (Å²) in [4.78, 5) is 0. The molecule has 1 saturated heterocycles. The maximum atomic E-state index is 4.97. The van der Waals surface area contributed by atoms with Crippen LogP contribution in [0.1, 0.15) is 17.7 Å². The minimum Gasteiger partial charge on any atom is -0.364 e. The molecule has 0 amide bonds. The van der Waals surface area contributed by atoms with Crippen LogP contribution in [0.15, 0.2) is 16.9 Å². The Hall–Kier alpha value is -1.09. The van der Waals surface area contributed by atoms with E-state index >= 15 is 0 Å². The van der Waals surface area contributed by atoms with Gasteiger partial charge in [0, 0.05) is 12.1 Å². The molecule has 14 heavy (non-hydrogen) atoms. The highest BCUT2D eigenvalue weighted by Crippen LogP contribution is 2.38. The van der Waals surface area contributed by atoms with Crippen molar-refractivity contribution in [3.05, 3.63) is 23.6 Å². The van der Waals surface area contributed by atoms with Crippen molar-refractivity contribution in [3.8, 4) is 0 Å². The molecular weight excluding hydrogens is 176 g/mol. The number of allylic oxidation sites excluding steroid dienone is 1. The average Bonchev–Trinajstić information content (AvgIpc) is 2.75. The van der Waals surface area contributed by atoms with Crippen molar-refractivity contribution in [2.24, 2.45) is 11.8 Å². The molecule has 0 saturated carbocycles. The van der Waals surface area contributed by atoms with E-state index in [0.29, 0.717) is 0 Å². The van der Waals surface area contributed by atoms with Gasteiger partial charge in [0.1, 0.15) is 6.26 Å². The van der Waals surface area contributed by atoms with E-state index in [1.807, 2.05) is 6.92 Å². The van der Waals surface area contributed by atoms with Gasteiger partial charge in [-0.3, -0.25) is 0 Å². The Morgan fingerprint density at radius 1 is 1.50 bits per heavy atom. The zero-order chi connectivity index (χ0) is 9.54. The Kier molecular flexibility index (Phi) is 1.74. The molecule has 1 aromatic rings. The van der Waals surface area contributed by atoms with Gasteiger partial charge in [-0.25, -0.2) is 0 Å². The van der Waals surface area contributed by atoms with E-state index in [-0.39, 0.29) is 0 Å². The van der Waals surface area contributed by atoms with E-state index in [9.17, 15) is 0 Å². The van der Waals surface area contributed by atoms with Crippen LogP contribution in [0.3, 0.4) is 0 Å². The summed E-state index contributed by atoms with van der Waals surface area (Å²) in [6.45, 7) is 4.31. The molecule has 2 heterocycles. The van der Waals surface area contributed by atoms with E-state index in [2.05, 4.69) is 16.5 Å². The van der Waals surface area contributed by atoms with Gasteiger partial charge >= 0.3 is 0 Å². The highest BCUT2D eigenvalue weighted by atomic mass is 16.5. The molecule has 1 fully saturated rings. The molecule has 1 N–H and O–H groups in total. The minimum atomic E-state index is 0.735. The summed E-state index contributed by atoms with van der Waals surface area (Å²) in [5, 5.41) is 7.34. The topological polar surface area (TPSA) is 38.1 Å². The summed E-state index contributed by atoms with van der Waals surface area (Å²) in [6.07, 6.45) is 5.35. The predicted octanol–water partition coefficient (Wildman–Crippen LogP) is 1.61. The molecular formula is C11H14N2O. The van der Waals surface area contributed by atoms with E-state index in [1.165, 1.54) is 17.6 Å². The third-order valence-corrected chi connectivity index (χ3v) is 3.39. The first-order chi connectivity index (χ1) is 6.84. The highest BCUT2D eigenvalue weighted by molar-refractivity contribution is 5.69. The average molecular weight is 190 g/mol. The summed E-state index contributed by atoms with van der Waals surface area (Å²) < 4.78 is 4.97. The molecule has 0 bridgehead atoms. The van der Waals surface area contributed by atoms with E-state index in [4.69, 9.17) is 4.52 Å². The van der Waals surface area contributed by atoms with E-state index in [0.717, 1.165) is 30.6 Å². The predicted molar refractivity (Wildman–Crippen MR) is 53.7 cm³/mol. The van der Waals surface area contributed by atoms with Gasteiger partial charge in [0.05, 0.1) is 5.69 Å². The van der Waals surface area contributed by atoms with Gasteiger partial charge in [-0.1, -0.05) is 11.2 Å². The lowest BCUT2D eigenvalue weighted by atomic mass is 9.99. The van der Waals surface area contributed by atoms with Crippen LogP contribution in [0.25, 0.3) is 5.57 Å².